The smallest absolute Gasteiger partial charge is 0.179 e. The van der Waals surface area contributed by atoms with Gasteiger partial charge in [0.15, 0.2) is 9.84 Å². The van der Waals surface area contributed by atoms with E-state index in [1.165, 1.54) is 18.2 Å². The minimum Gasteiger partial charge on any atom is -0.487 e. The number of halogens is 1. The van der Waals surface area contributed by atoms with Gasteiger partial charge in [0, 0.05) is 13.1 Å². The summed E-state index contributed by atoms with van der Waals surface area (Å²) in [5.74, 6) is 0.0834. The minimum absolute atomic E-state index is 0.112. The number of nitrogens with two attached hydrogens (primary N) is 1. The van der Waals surface area contributed by atoms with E-state index in [9.17, 15) is 12.8 Å². The average Bonchev–Trinajstić information content (AvgIpc) is 3.05. The van der Waals surface area contributed by atoms with Gasteiger partial charge in [0.1, 0.15) is 18.2 Å². The standard InChI is InChI=1S/C16H23FN2O3S/c17-14(7-8-18)13-22-15-3-5-16(6-4-15)23(20,21)12-11-19-9-1-2-10-19/h3-7H,1-2,8-13,18H2/b14-7+. The van der Waals surface area contributed by atoms with E-state index in [0.29, 0.717) is 12.3 Å². The Balaban J connectivity index is 1.90. The molecule has 0 aliphatic carbocycles. The molecular formula is C16H23FN2O3S. The fourth-order valence-electron chi connectivity index (χ4n) is 2.46. The van der Waals surface area contributed by atoms with Crippen LogP contribution in [0.25, 0.3) is 0 Å². The van der Waals surface area contributed by atoms with Crippen LogP contribution in [0.15, 0.2) is 41.1 Å². The number of benzene rings is 1. The first-order chi connectivity index (χ1) is 11.0. The molecule has 1 fully saturated rings. The van der Waals surface area contributed by atoms with E-state index in [0.717, 1.165) is 25.9 Å². The topological polar surface area (TPSA) is 72.6 Å². The third-order valence-electron chi connectivity index (χ3n) is 3.77. The molecule has 128 valence electrons. The van der Waals surface area contributed by atoms with Crippen LogP contribution in [-0.4, -0.2) is 51.9 Å². The molecule has 0 radical (unpaired) electrons. The summed E-state index contributed by atoms with van der Waals surface area (Å²) in [6.45, 7) is 2.42. The molecule has 2 N–H and O–H groups in total. The first kappa shape index (κ1) is 17.9. The second-order valence-corrected chi connectivity index (χ2v) is 7.62. The number of hydrogen-bond donors (Lipinski definition) is 1. The second-order valence-electron chi connectivity index (χ2n) is 5.51. The maximum atomic E-state index is 13.2. The Labute approximate surface area is 136 Å². The molecule has 1 heterocycles. The number of sulfone groups is 1. The van der Waals surface area contributed by atoms with Crippen molar-refractivity contribution in [2.24, 2.45) is 5.73 Å². The van der Waals surface area contributed by atoms with Crippen LogP contribution in [0, 0.1) is 0 Å². The Morgan fingerprint density at radius 3 is 2.52 bits per heavy atom. The van der Waals surface area contributed by atoms with Crippen molar-refractivity contribution in [2.45, 2.75) is 17.7 Å². The summed E-state index contributed by atoms with van der Waals surface area (Å²) >= 11 is 0. The van der Waals surface area contributed by atoms with E-state index in [1.807, 2.05) is 0 Å². The van der Waals surface area contributed by atoms with Gasteiger partial charge >= 0.3 is 0 Å². The number of nitrogens with zero attached hydrogens (tertiary/aromatic N) is 1. The largest absolute Gasteiger partial charge is 0.487 e. The molecule has 23 heavy (non-hydrogen) atoms. The van der Waals surface area contributed by atoms with Gasteiger partial charge in [-0.3, -0.25) is 0 Å². The first-order valence-corrected chi connectivity index (χ1v) is 9.39. The predicted molar refractivity (Wildman–Crippen MR) is 87.9 cm³/mol. The van der Waals surface area contributed by atoms with E-state index in [2.05, 4.69) is 4.90 Å². The predicted octanol–water partition coefficient (Wildman–Crippen LogP) is 1.75. The van der Waals surface area contributed by atoms with Gasteiger partial charge in [-0.2, -0.15) is 0 Å². The molecule has 0 amide bonds. The molecule has 1 aliphatic heterocycles. The molecule has 0 bridgehead atoms. The van der Waals surface area contributed by atoms with E-state index in [1.54, 1.807) is 12.1 Å². The van der Waals surface area contributed by atoms with Gasteiger partial charge in [0.2, 0.25) is 0 Å². The summed E-state index contributed by atoms with van der Waals surface area (Å²) in [5.41, 5.74) is 5.20. The van der Waals surface area contributed by atoms with Crippen LogP contribution >= 0.6 is 0 Å². The second kappa shape index (κ2) is 8.42. The van der Waals surface area contributed by atoms with Crippen LogP contribution in [0.3, 0.4) is 0 Å². The quantitative estimate of drug-likeness (QED) is 0.779. The Kier molecular flexibility index (Phi) is 6.56. The van der Waals surface area contributed by atoms with Gasteiger partial charge in [0.05, 0.1) is 10.6 Å². The van der Waals surface area contributed by atoms with E-state index >= 15 is 0 Å². The number of hydrogen-bond acceptors (Lipinski definition) is 5. The molecule has 0 aromatic heterocycles. The first-order valence-electron chi connectivity index (χ1n) is 7.74. The lowest BCUT2D eigenvalue weighted by atomic mass is 10.3. The zero-order valence-electron chi connectivity index (χ0n) is 13.1. The van der Waals surface area contributed by atoms with E-state index in [-0.39, 0.29) is 23.8 Å². The maximum Gasteiger partial charge on any atom is 0.179 e. The van der Waals surface area contributed by atoms with Gasteiger partial charge in [0.25, 0.3) is 0 Å². The highest BCUT2D eigenvalue weighted by Crippen LogP contribution is 2.18. The normalized spacial score (nSPS) is 16.7. The maximum absolute atomic E-state index is 13.2. The third-order valence-corrected chi connectivity index (χ3v) is 5.48. The van der Waals surface area contributed by atoms with Gasteiger partial charge in [-0.1, -0.05) is 0 Å². The molecule has 0 atom stereocenters. The van der Waals surface area contributed by atoms with Gasteiger partial charge in [-0.15, -0.1) is 0 Å². The van der Waals surface area contributed by atoms with Crippen molar-refractivity contribution in [1.29, 1.82) is 0 Å². The van der Waals surface area contributed by atoms with E-state index < -0.39 is 15.7 Å². The van der Waals surface area contributed by atoms with Crippen molar-refractivity contribution >= 4 is 9.84 Å². The molecule has 1 aliphatic rings. The van der Waals surface area contributed by atoms with Crippen molar-refractivity contribution in [3.8, 4) is 5.75 Å². The van der Waals surface area contributed by atoms with Crippen LogP contribution in [0.5, 0.6) is 5.75 Å². The molecule has 1 aromatic carbocycles. The molecule has 5 nitrogen and oxygen atoms in total. The highest BCUT2D eigenvalue weighted by atomic mass is 32.2. The molecular weight excluding hydrogens is 319 g/mol. The molecule has 7 heteroatoms. The summed E-state index contributed by atoms with van der Waals surface area (Å²) in [4.78, 5) is 2.43. The highest BCUT2D eigenvalue weighted by Gasteiger charge is 2.18. The molecule has 2 rings (SSSR count). The minimum atomic E-state index is -3.30. The number of likely N-dealkylation sites (tertiary alicyclic amines) is 1. The number of ether oxygens (including phenoxy) is 1. The Morgan fingerprint density at radius 1 is 1.26 bits per heavy atom. The monoisotopic (exact) mass is 342 g/mol. The van der Waals surface area contributed by atoms with Crippen LogP contribution in [-0.2, 0) is 9.84 Å². The lowest BCUT2D eigenvalue weighted by Crippen LogP contribution is -2.26. The molecule has 0 unspecified atom stereocenters. The SMILES string of the molecule is NC/C=C(/F)COc1ccc(S(=O)(=O)CCN2CCCC2)cc1. The Bertz CT molecular complexity index is 623. The summed E-state index contributed by atoms with van der Waals surface area (Å²) in [6.07, 6.45) is 3.51. The van der Waals surface area contributed by atoms with Crippen molar-refractivity contribution in [3.63, 3.8) is 0 Å². The summed E-state index contributed by atoms with van der Waals surface area (Å²) in [5, 5.41) is 0. The fourth-order valence-corrected chi connectivity index (χ4v) is 3.74. The van der Waals surface area contributed by atoms with Crippen molar-refractivity contribution in [3.05, 3.63) is 36.2 Å². The highest BCUT2D eigenvalue weighted by molar-refractivity contribution is 7.91. The molecule has 1 saturated heterocycles. The fraction of sp³-hybridized carbons (Fsp3) is 0.500. The van der Waals surface area contributed by atoms with Crippen LogP contribution in [0.1, 0.15) is 12.8 Å². The third kappa shape index (κ3) is 5.60. The summed E-state index contributed by atoms with van der Waals surface area (Å²) < 4.78 is 43.0. The zero-order chi connectivity index (χ0) is 16.7. The zero-order valence-corrected chi connectivity index (χ0v) is 13.9. The van der Waals surface area contributed by atoms with Crippen molar-refractivity contribution in [1.82, 2.24) is 4.90 Å². The van der Waals surface area contributed by atoms with Crippen molar-refractivity contribution < 1.29 is 17.5 Å². The summed E-state index contributed by atoms with van der Waals surface area (Å²) in [7, 11) is -3.30. The van der Waals surface area contributed by atoms with Gasteiger partial charge < -0.3 is 15.4 Å². The van der Waals surface area contributed by atoms with Gasteiger partial charge in [-0.05, 0) is 56.3 Å². The average molecular weight is 342 g/mol. The van der Waals surface area contributed by atoms with Crippen LogP contribution in [0.4, 0.5) is 4.39 Å². The Morgan fingerprint density at radius 2 is 1.91 bits per heavy atom. The van der Waals surface area contributed by atoms with Crippen LogP contribution < -0.4 is 10.5 Å². The lowest BCUT2D eigenvalue weighted by molar-refractivity contribution is 0.318. The van der Waals surface area contributed by atoms with Gasteiger partial charge in [-0.25, -0.2) is 12.8 Å². The lowest BCUT2D eigenvalue weighted by Gasteiger charge is -2.14. The van der Waals surface area contributed by atoms with E-state index in [4.69, 9.17) is 10.5 Å². The molecule has 0 saturated carbocycles. The Hall–Kier alpha value is -1.44. The van der Waals surface area contributed by atoms with Crippen LogP contribution in [0.2, 0.25) is 0 Å². The molecule has 0 spiro atoms. The van der Waals surface area contributed by atoms with Crippen molar-refractivity contribution in [2.75, 3.05) is 38.5 Å². The summed E-state index contributed by atoms with van der Waals surface area (Å²) in [6, 6.07) is 6.08. The molecule has 1 aromatic rings. The number of rotatable bonds is 8.